The van der Waals surface area contributed by atoms with Crippen LogP contribution in [0.2, 0.25) is 5.02 Å². The number of aryl methyl sites for hydroxylation is 1. The summed E-state index contributed by atoms with van der Waals surface area (Å²) in [7, 11) is 1.67. The van der Waals surface area contributed by atoms with Gasteiger partial charge in [0, 0.05) is 23.7 Å². The lowest BCUT2D eigenvalue weighted by atomic mass is 10.1. The highest BCUT2D eigenvalue weighted by Gasteiger charge is 2.05. The third-order valence-corrected chi connectivity index (χ3v) is 2.38. The molecule has 2 aromatic rings. The van der Waals surface area contributed by atoms with Gasteiger partial charge >= 0.3 is 0 Å². The number of hydrogen-bond donors (Lipinski definition) is 1. The second-order valence-electron chi connectivity index (χ2n) is 3.05. The molecule has 14 heavy (non-hydrogen) atoms. The monoisotopic (exact) mass is 208 g/mol. The molecule has 0 aliphatic carbocycles. The minimum Gasteiger partial charge on any atom is -0.295 e. The number of aromatic nitrogens is 2. The molecule has 0 amide bonds. The number of nitrogens with zero attached hydrogens (tertiary/aromatic N) is 1. The van der Waals surface area contributed by atoms with Crippen LogP contribution < -0.4 is 5.56 Å². The summed E-state index contributed by atoms with van der Waals surface area (Å²) in [5.41, 5.74) is 1.51. The van der Waals surface area contributed by atoms with Crippen molar-refractivity contribution in [2.24, 2.45) is 7.05 Å². The number of hydrogen-bond acceptors (Lipinski definition) is 1. The van der Waals surface area contributed by atoms with Gasteiger partial charge in [-0.25, -0.2) is 0 Å². The Morgan fingerprint density at radius 2 is 2.07 bits per heavy atom. The van der Waals surface area contributed by atoms with E-state index in [-0.39, 0.29) is 5.56 Å². The summed E-state index contributed by atoms with van der Waals surface area (Å²) in [6.45, 7) is 0. The van der Waals surface area contributed by atoms with E-state index < -0.39 is 0 Å². The third kappa shape index (κ3) is 1.46. The Kier molecular flexibility index (Phi) is 2.17. The van der Waals surface area contributed by atoms with Gasteiger partial charge in [0.1, 0.15) is 0 Å². The summed E-state index contributed by atoms with van der Waals surface area (Å²) < 4.78 is 1.42. The van der Waals surface area contributed by atoms with Gasteiger partial charge < -0.3 is 0 Å². The zero-order valence-electron chi connectivity index (χ0n) is 7.62. The summed E-state index contributed by atoms with van der Waals surface area (Å²) >= 11 is 5.99. The van der Waals surface area contributed by atoms with E-state index in [4.69, 9.17) is 11.6 Å². The number of H-pyrrole nitrogens is 1. The quantitative estimate of drug-likeness (QED) is 0.765. The summed E-state index contributed by atoms with van der Waals surface area (Å²) in [5.74, 6) is 0. The zero-order valence-corrected chi connectivity index (χ0v) is 8.38. The first-order valence-corrected chi connectivity index (χ1v) is 4.57. The summed E-state index contributed by atoms with van der Waals surface area (Å²) in [5, 5.41) is 3.55. The Morgan fingerprint density at radius 3 is 2.64 bits per heavy atom. The molecule has 0 atom stereocenters. The van der Waals surface area contributed by atoms with Gasteiger partial charge in [0.15, 0.2) is 0 Å². The first kappa shape index (κ1) is 9.09. The first-order chi connectivity index (χ1) is 6.68. The number of benzene rings is 1. The predicted molar refractivity (Wildman–Crippen MR) is 56.5 cm³/mol. The molecule has 0 aliphatic rings. The van der Waals surface area contributed by atoms with Crippen molar-refractivity contribution in [3.8, 4) is 11.3 Å². The van der Waals surface area contributed by atoms with Crippen molar-refractivity contribution in [3.05, 3.63) is 45.7 Å². The molecule has 0 fully saturated rings. The number of nitrogens with one attached hydrogen (secondary N) is 1. The Balaban J connectivity index is 2.60. The average molecular weight is 209 g/mol. The van der Waals surface area contributed by atoms with Crippen LogP contribution >= 0.6 is 11.6 Å². The summed E-state index contributed by atoms with van der Waals surface area (Å²) in [6, 6.07) is 8.93. The SMILES string of the molecule is Cn1[nH]c(-c2ccccc2Cl)cc1=O. The van der Waals surface area contributed by atoms with E-state index in [0.717, 1.165) is 11.3 Å². The van der Waals surface area contributed by atoms with Gasteiger partial charge in [-0.05, 0) is 6.07 Å². The maximum absolute atomic E-state index is 11.2. The van der Waals surface area contributed by atoms with E-state index in [9.17, 15) is 4.79 Å². The second-order valence-corrected chi connectivity index (χ2v) is 3.45. The highest BCUT2D eigenvalue weighted by molar-refractivity contribution is 6.33. The molecular formula is C10H9ClN2O. The fourth-order valence-electron chi connectivity index (χ4n) is 1.31. The molecule has 1 aromatic carbocycles. The van der Waals surface area contributed by atoms with Crippen LogP contribution in [0, 0.1) is 0 Å². The van der Waals surface area contributed by atoms with Crippen LogP contribution in [0.5, 0.6) is 0 Å². The van der Waals surface area contributed by atoms with E-state index in [2.05, 4.69) is 5.10 Å². The van der Waals surface area contributed by atoms with Gasteiger partial charge in [0.2, 0.25) is 0 Å². The molecule has 2 rings (SSSR count). The van der Waals surface area contributed by atoms with Crippen LogP contribution in [-0.4, -0.2) is 9.78 Å². The van der Waals surface area contributed by atoms with Gasteiger partial charge in [0.25, 0.3) is 5.56 Å². The van der Waals surface area contributed by atoms with Crippen LogP contribution in [0.15, 0.2) is 35.1 Å². The standard InChI is InChI=1S/C10H9ClN2O/c1-13-10(14)6-9(12-13)7-4-2-3-5-8(7)11/h2-6,12H,1H3. The maximum atomic E-state index is 11.2. The molecule has 0 aliphatic heterocycles. The fourth-order valence-corrected chi connectivity index (χ4v) is 1.54. The number of aromatic amines is 1. The molecule has 0 saturated carbocycles. The molecular weight excluding hydrogens is 200 g/mol. The molecule has 3 nitrogen and oxygen atoms in total. The lowest BCUT2D eigenvalue weighted by molar-refractivity contribution is 0.742. The van der Waals surface area contributed by atoms with Crippen LogP contribution in [-0.2, 0) is 7.05 Å². The predicted octanol–water partition coefficient (Wildman–Crippen LogP) is 2.03. The lowest BCUT2D eigenvalue weighted by Gasteiger charge is -1.99. The average Bonchev–Trinajstić information content (AvgIpc) is 2.48. The normalized spacial score (nSPS) is 10.4. The molecule has 1 N–H and O–H groups in total. The van der Waals surface area contributed by atoms with Gasteiger partial charge in [0.05, 0.1) is 5.69 Å². The van der Waals surface area contributed by atoms with Crippen molar-refractivity contribution in [1.82, 2.24) is 9.78 Å². The van der Waals surface area contributed by atoms with Gasteiger partial charge in [-0.15, -0.1) is 0 Å². The first-order valence-electron chi connectivity index (χ1n) is 4.19. The molecule has 1 aromatic heterocycles. The molecule has 0 radical (unpaired) electrons. The number of rotatable bonds is 1. The van der Waals surface area contributed by atoms with E-state index in [1.54, 1.807) is 13.1 Å². The molecule has 1 heterocycles. The number of halogens is 1. The Morgan fingerprint density at radius 1 is 1.36 bits per heavy atom. The van der Waals surface area contributed by atoms with E-state index >= 15 is 0 Å². The molecule has 72 valence electrons. The fraction of sp³-hybridized carbons (Fsp3) is 0.100. The van der Waals surface area contributed by atoms with E-state index in [1.807, 2.05) is 18.2 Å². The van der Waals surface area contributed by atoms with Crippen LogP contribution in [0.1, 0.15) is 0 Å². The van der Waals surface area contributed by atoms with Gasteiger partial charge in [-0.1, -0.05) is 29.8 Å². The topological polar surface area (TPSA) is 37.8 Å². The van der Waals surface area contributed by atoms with Crippen LogP contribution in [0.3, 0.4) is 0 Å². The Bertz CT molecular complexity index is 513. The highest BCUT2D eigenvalue weighted by Crippen LogP contribution is 2.24. The smallest absolute Gasteiger partial charge is 0.266 e. The van der Waals surface area contributed by atoms with Crippen molar-refractivity contribution >= 4 is 11.6 Å². The highest BCUT2D eigenvalue weighted by atomic mass is 35.5. The maximum Gasteiger partial charge on any atom is 0.266 e. The van der Waals surface area contributed by atoms with Crippen molar-refractivity contribution in [2.45, 2.75) is 0 Å². The second kappa shape index (κ2) is 3.35. The van der Waals surface area contributed by atoms with Crippen molar-refractivity contribution < 1.29 is 0 Å². The molecule has 0 bridgehead atoms. The minimum atomic E-state index is -0.0695. The zero-order chi connectivity index (χ0) is 10.1. The summed E-state index contributed by atoms with van der Waals surface area (Å²) in [4.78, 5) is 11.2. The van der Waals surface area contributed by atoms with Crippen molar-refractivity contribution in [2.75, 3.05) is 0 Å². The van der Waals surface area contributed by atoms with E-state index in [0.29, 0.717) is 5.02 Å². The molecule has 4 heteroatoms. The molecule has 0 unspecified atom stereocenters. The van der Waals surface area contributed by atoms with Gasteiger partial charge in [-0.2, -0.15) is 0 Å². The Hall–Kier alpha value is -1.48. The Labute approximate surface area is 85.9 Å². The lowest BCUT2D eigenvalue weighted by Crippen LogP contribution is -2.09. The minimum absolute atomic E-state index is 0.0695. The van der Waals surface area contributed by atoms with Crippen LogP contribution in [0.25, 0.3) is 11.3 Å². The molecule has 0 saturated heterocycles. The molecule has 0 spiro atoms. The van der Waals surface area contributed by atoms with E-state index in [1.165, 1.54) is 10.7 Å². The van der Waals surface area contributed by atoms with Crippen molar-refractivity contribution in [1.29, 1.82) is 0 Å². The largest absolute Gasteiger partial charge is 0.295 e. The van der Waals surface area contributed by atoms with Crippen molar-refractivity contribution in [3.63, 3.8) is 0 Å². The van der Waals surface area contributed by atoms with Crippen LogP contribution in [0.4, 0.5) is 0 Å². The third-order valence-electron chi connectivity index (χ3n) is 2.05. The summed E-state index contributed by atoms with van der Waals surface area (Å²) in [6.07, 6.45) is 0. The van der Waals surface area contributed by atoms with Gasteiger partial charge in [-0.3, -0.25) is 14.6 Å².